The van der Waals surface area contributed by atoms with Crippen LogP contribution in [0.3, 0.4) is 0 Å². The molecule has 0 aliphatic rings. The molecule has 222 valence electrons. The zero-order chi connectivity index (χ0) is 31.8. The lowest BCUT2D eigenvalue weighted by atomic mass is 9.86. The average molecular weight is 608 g/mol. The molecule has 1 N–H and O–H groups in total. The molecule has 3 aromatic carbocycles. The molecule has 0 aliphatic carbocycles. The number of imidazole rings is 1. The summed E-state index contributed by atoms with van der Waals surface area (Å²) in [6.07, 6.45) is 4.91. The molecule has 0 saturated heterocycles. The zero-order valence-electron chi connectivity index (χ0n) is 24.5. The van der Waals surface area contributed by atoms with Gasteiger partial charge in [0.2, 0.25) is 11.7 Å². The summed E-state index contributed by atoms with van der Waals surface area (Å²) in [5.74, 6) is 0. The monoisotopic (exact) mass is 607 g/mol. The van der Waals surface area contributed by atoms with Crippen molar-refractivity contribution < 1.29 is 17.7 Å². The molecule has 44 heavy (non-hydrogen) atoms. The standard InChI is InChI=1S/C26H21N5O2.C7H8O3S/c1-26(2,16-27)19-7-9-20(10-8-19)31-24-21-13-17(18-5-4-12-28-14-18)6-11-22(21)30(33)15-23(24)29(3)25(31)32;1-6-2-4-7(5-3-6)11(8,9)10/h4-15H,1-3H3;2-5H,1H3,(H,8,9,10). The first-order valence-electron chi connectivity index (χ1n) is 13.6. The van der Waals surface area contributed by atoms with E-state index in [4.69, 9.17) is 4.55 Å². The Morgan fingerprint density at radius 2 is 1.68 bits per heavy atom. The van der Waals surface area contributed by atoms with Gasteiger partial charge in [-0.05, 0) is 74.4 Å². The van der Waals surface area contributed by atoms with E-state index < -0.39 is 15.5 Å². The van der Waals surface area contributed by atoms with Gasteiger partial charge in [-0.15, -0.1) is 0 Å². The number of hydrogen-bond donors (Lipinski definition) is 1. The molecule has 0 aliphatic heterocycles. The molecule has 0 radical (unpaired) electrons. The molecular formula is C33H29N5O5S. The Labute approximate surface area is 254 Å². The van der Waals surface area contributed by atoms with Gasteiger partial charge in [0.1, 0.15) is 5.52 Å². The molecular weight excluding hydrogens is 578 g/mol. The number of hydrogen-bond acceptors (Lipinski definition) is 6. The molecule has 10 nitrogen and oxygen atoms in total. The van der Waals surface area contributed by atoms with Gasteiger partial charge in [-0.2, -0.15) is 18.4 Å². The second-order valence-corrected chi connectivity index (χ2v) is 12.3. The van der Waals surface area contributed by atoms with Gasteiger partial charge in [-0.25, -0.2) is 4.79 Å². The summed E-state index contributed by atoms with van der Waals surface area (Å²) < 4.78 is 33.4. The Balaban J connectivity index is 0.000000296. The Bertz CT molecular complexity index is 2210. The van der Waals surface area contributed by atoms with Crippen molar-refractivity contribution >= 4 is 32.1 Å². The van der Waals surface area contributed by atoms with Gasteiger partial charge in [-0.3, -0.25) is 18.7 Å². The summed E-state index contributed by atoms with van der Waals surface area (Å²) in [4.78, 5) is 17.4. The first kappa shape index (κ1) is 30.2. The minimum absolute atomic E-state index is 0.0666. The first-order chi connectivity index (χ1) is 20.8. The smallest absolute Gasteiger partial charge is 0.333 e. The van der Waals surface area contributed by atoms with Crippen molar-refractivity contribution in [2.75, 3.05) is 0 Å². The first-order valence-corrected chi connectivity index (χ1v) is 15.0. The molecule has 0 spiro atoms. The van der Waals surface area contributed by atoms with Gasteiger partial charge in [-0.1, -0.05) is 35.9 Å². The van der Waals surface area contributed by atoms with Gasteiger partial charge in [0.15, 0.2) is 0 Å². The highest BCUT2D eigenvalue weighted by Gasteiger charge is 2.23. The average Bonchev–Trinajstić information content (AvgIpc) is 3.27. The van der Waals surface area contributed by atoms with Crippen molar-refractivity contribution in [2.24, 2.45) is 7.05 Å². The number of aromatic nitrogens is 4. The fourth-order valence-corrected chi connectivity index (χ4v) is 5.36. The lowest BCUT2D eigenvalue weighted by Gasteiger charge is -2.16. The molecule has 0 saturated carbocycles. The molecule has 11 heteroatoms. The Morgan fingerprint density at radius 1 is 1.00 bits per heavy atom. The number of nitriles is 1. The second-order valence-electron chi connectivity index (χ2n) is 10.9. The maximum atomic E-state index is 13.3. The molecule has 0 atom stereocenters. The maximum Gasteiger partial charge on any atom is 0.333 e. The zero-order valence-corrected chi connectivity index (χ0v) is 25.3. The number of pyridine rings is 2. The van der Waals surface area contributed by atoms with Gasteiger partial charge in [0.25, 0.3) is 10.1 Å². The van der Waals surface area contributed by atoms with Crippen LogP contribution >= 0.6 is 0 Å². The maximum absolute atomic E-state index is 13.3. The van der Waals surface area contributed by atoms with Crippen LogP contribution in [0.4, 0.5) is 0 Å². The van der Waals surface area contributed by atoms with E-state index in [1.807, 2.05) is 69.3 Å². The molecule has 0 fully saturated rings. The van der Waals surface area contributed by atoms with Crippen LogP contribution < -0.4 is 10.4 Å². The van der Waals surface area contributed by atoms with E-state index in [1.165, 1.54) is 22.9 Å². The van der Waals surface area contributed by atoms with Crippen molar-refractivity contribution in [3.05, 3.63) is 124 Å². The van der Waals surface area contributed by atoms with Gasteiger partial charge in [0.05, 0.1) is 33.0 Å². The predicted molar refractivity (Wildman–Crippen MR) is 168 cm³/mol. The summed E-state index contributed by atoms with van der Waals surface area (Å²) in [6, 6.07) is 25.1. The van der Waals surface area contributed by atoms with Crippen molar-refractivity contribution in [3.63, 3.8) is 0 Å². The SMILES string of the molecule is Cc1ccc(S(=O)(=O)O)cc1.Cn1c(=O)n(-c2ccc(C(C)(C)C#N)cc2)c2c3cc(-c4cccnc4)ccc3[n+]([O-])cc21. The Morgan fingerprint density at radius 3 is 2.27 bits per heavy atom. The lowest BCUT2D eigenvalue weighted by molar-refractivity contribution is -0.575. The number of aryl methyl sites for hydroxylation is 2. The van der Waals surface area contributed by atoms with Crippen LogP contribution in [0.15, 0.2) is 107 Å². The quantitative estimate of drug-likeness (QED) is 0.164. The highest BCUT2D eigenvalue weighted by molar-refractivity contribution is 7.85. The van der Waals surface area contributed by atoms with Crippen molar-refractivity contribution in [2.45, 2.75) is 31.1 Å². The van der Waals surface area contributed by atoms with E-state index in [0.717, 1.165) is 27.0 Å². The van der Waals surface area contributed by atoms with E-state index in [-0.39, 0.29) is 10.6 Å². The van der Waals surface area contributed by atoms with Crippen LogP contribution in [-0.2, 0) is 22.6 Å². The van der Waals surface area contributed by atoms with Crippen LogP contribution in [-0.4, -0.2) is 27.1 Å². The molecule has 0 amide bonds. The molecule has 0 bridgehead atoms. The van der Waals surface area contributed by atoms with Crippen molar-refractivity contribution in [1.82, 2.24) is 14.1 Å². The molecule has 3 aromatic heterocycles. The number of nitrogens with zero attached hydrogens (tertiary/aromatic N) is 5. The summed E-state index contributed by atoms with van der Waals surface area (Å²) in [5.41, 5.74) is 5.07. The number of benzene rings is 3. The molecule has 6 aromatic rings. The largest absolute Gasteiger partial charge is 0.618 e. The van der Waals surface area contributed by atoms with Gasteiger partial charge < -0.3 is 5.21 Å². The highest BCUT2D eigenvalue weighted by atomic mass is 32.2. The summed E-state index contributed by atoms with van der Waals surface area (Å²) in [7, 11) is -2.36. The van der Waals surface area contributed by atoms with Crippen LogP contribution in [0.5, 0.6) is 0 Å². The fourth-order valence-electron chi connectivity index (χ4n) is 4.88. The predicted octanol–water partition coefficient (Wildman–Crippen LogP) is 5.22. The fraction of sp³-hybridized carbons (Fsp3) is 0.152. The van der Waals surface area contributed by atoms with E-state index in [2.05, 4.69) is 11.1 Å². The van der Waals surface area contributed by atoms with E-state index in [1.54, 1.807) is 42.2 Å². The number of rotatable bonds is 4. The molecule has 6 rings (SSSR count). The third-order valence-electron chi connectivity index (χ3n) is 7.47. The topological polar surface area (TPSA) is 145 Å². The summed E-state index contributed by atoms with van der Waals surface area (Å²) in [5, 5.41) is 22.9. The van der Waals surface area contributed by atoms with E-state index in [9.17, 15) is 23.7 Å². The minimum Gasteiger partial charge on any atom is -0.618 e. The third-order valence-corrected chi connectivity index (χ3v) is 8.34. The third kappa shape index (κ3) is 5.68. The Hall–Kier alpha value is -5.31. The van der Waals surface area contributed by atoms with Crippen molar-refractivity contribution in [3.8, 4) is 22.9 Å². The lowest BCUT2D eigenvalue weighted by Crippen LogP contribution is -2.26. The molecule has 3 heterocycles. The highest BCUT2D eigenvalue weighted by Crippen LogP contribution is 2.30. The van der Waals surface area contributed by atoms with Crippen LogP contribution in [0.2, 0.25) is 0 Å². The van der Waals surface area contributed by atoms with Crippen molar-refractivity contribution in [1.29, 1.82) is 5.26 Å². The van der Waals surface area contributed by atoms with Gasteiger partial charge >= 0.3 is 5.69 Å². The van der Waals surface area contributed by atoms with Crippen LogP contribution in [0.1, 0.15) is 25.0 Å². The Kier molecular flexibility index (Phi) is 7.82. The van der Waals surface area contributed by atoms with Crippen LogP contribution in [0, 0.1) is 23.5 Å². The number of fused-ring (bicyclic) bond motifs is 3. The summed E-state index contributed by atoms with van der Waals surface area (Å²) >= 11 is 0. The van der Waals surface area contributed by atoms with Gasteiger partial charge in [0, 0.05) is 31.1 Å². The summed E-state index contributed by atoms with van der Waals surface area (Å²) in [6.45, 7) is 5.55. The second kappa shape index (κ2) is 11.4. The minimum atomic E-state index is -4.02. The molecule has 0 unspecified atom stereocenters. The van der Waals surface area contributed by atoms with Crippen LogP contribution in [0.25, 0.3) is 38.8 Å². The normalized spacial score (nSPS) is 11.6. The van der Waals surface area contributed by atoms with E-state index in [0.29, 0.717) is 27.6 Å². The van der Waals surface area contributed by atoms with E-state index >= 15 is 0 Å².